The van der Waals surface area contributed by atoms with E-state index in [0.29, 0.717) is 18.1 Å². The van der Waals surface area contributed by atoms with Crippen LogP contribution >= 0.6 is 0 Å². The highest BCUT2D eigenvalue weighted by Gasteiger charge is 2.26. The molecular formula is C11H23NO2. The highest BCUT2D eigenvalue weighted by Crippen LogP contribution is 2.16. The van der Waals surface area contributed by atoms with Crippen molar-refractivity contribution in [1.29, 1.82) is 0 Å². The van der Waals surface area contributed by atoms with Crippen molar-refractivity contribution >= 4 is 0 Å². The zero-order valence-corrected chi connectivity index (χ0v) is 9.58. The smallest absolute Gasteiger partial charge is 0.0715 e. The van der Waals surface area contributed by atoms with E-state index in [9.17, 15) is 0 Å². The molecule has 1 saturated heterocycles. The van der Waals surface area contributed by atoms with E-state index >= 15 is 0 Å². The van der Waals surface area contributed by atoms with Crippen molar-refractivity contribution in [3.05, 3.63) is 0 Å². The predicted octanol–water partition coefficient (Wildman–Crippen LogP) is 1.43. The van der Waals surface area contributed by atoms with Crippen molar-refractivity contribution in [3.63, 3.8) is 0 Å². The number of hydrogen-bond acceptors (Lipinski definition) is 3. The monoisotopic (exact) mass is 201 g/mol. The Hall–Kier alpha value is -0.120. The largest absolute Gasteiger partial charge is 0.379 e. The molecule has 14 heavy (non-hydrogen) atoms. The van der Waals surface area contributed by atoms with Gasteiger partial charge in [0.05, 0.1) is 19.3 Å². The average molecular weight is 201 g/mol. The minimum atomic E-state index is 0.392. The predicted molar refractivity (Wildman–Crippen MR) is 57.5 cm³/mol. The second-order valence-corrected chi connectivity index (χ2v) is 4.18. The van der Waals surface area contributed by atoms with Crippen molar-refractivity contribution in [1.82, 2.24) is 5.32 Å². The molecule has 3 heteroatoms. The second kappa shape index (κ2) is 6.38. The molecule has 0 unspecified atom stereocenters. The summed E-state index contributed by atoms with van der Waals surface area (Å²) in [6.07, 6.45) is 1.53. The molecule has 1 aliphatic heterocycles. The van der Waals surface area contributed by atoms with Crippen molar-refractivity contribution in [2.24, 2.45) is 5.92 Å². The van der Waals surface area contributed by atoms with Crippen LogP contribution in [0.5, 0.6) is 0 Å². The topological polar surface area (TPSA) is 30.5 Å². The fourth-order valence-corrected chi connectivity index (χ4v) is 1.79. The molecule has 1 heterocycles. The third-order valence-corrected chi connectivity index (χ3v) is 2.71. The van der Waals surface area contributed by atoms with Gasteiger partial charge in [0.25, 0.3) is 0 Å². The standard InChI is InChI=1S/C11H23NO2/c1-4-13-5-6-14-10-7-11(9(2)3)12-8-10/h9-12H,4-8H2,1-3H3/t10-,11-/m0/s1. The maximum atomic E-state index is 5.70. The lowest BCUT2D eigenvalue weighted by molar-refractivity contribution is 0.0148. The van der Waals surface area contributed by atoms with Crippen LogP contribution in [0.4, 0.5) is 0 Å². The Kier molecular flexibility index (Phi) is 5.45. The Morgan fingerprint density at radius 3 is 2.71 bits per heavy atom. The summed E-state index contributed by atoms with van der Waals surface area (Å²) in [6, 6.07) is 0.632. The average Bonchev–Trinajstić information content (AvgIpc) is 2.61. The number of nitrogens with one attached hydrogen (secondary N) is 1. The van der Waals surface area contributed by atoms with Gasteiger partial charge in [0, 0.05) is 19.2 Å². The normalized spacial score (nSPS) is 27.4. The molecule has 0 saturated carbocycles. The van der Waals surface area contributed by atoms with Gasteiger partial charge in [-0.15, -0.1) is 0 Å². The number of rotatable bonds is 6. The third-order valence-electron chi connectivity index (χ3n) is 2.71. The number of hydrogen-bond donors (Lipinski definition) is 1. The molecule has 1 N–H and O–H groups in total. The van der Waals surface area contributed by atoms with Gasteiger partial charge in [0.15, 0.2) is 0 Å². The van der Waals surface area contributed by atoms with Gasteiger partial charge in [-0.05, 0) is 19.3 Å². The first-order chi connectivity index (χ1) is 6.74. The van der Waals surface area contributed by atoms with E-state index in [2.05, 4.69) is 19.2 Å². The fraction of sp³-hybridized carbons (Fsp3) is 1.00. The summed E-state index contributed by atoms with van der Waals surface area (Å²) in [7, 11) is 0. The quantitative estimate of drug-likeness (QED) is 0.659. The molecule has 0 aliphatic carbocycles. The van der Waals surface area contributed by atoms with Crippen LogP contribution in [0.3, 0.4) is 0 Å². The van der Waals surface area contributed by atoms with Gasteiger partial charge >= 0.3 is 0 Å². The molecular weight excluding hydrogens is 178 g/mol. The summed E-state index contributed by atoms with van der Waals surface area (Å²) in [5.41, 5.74) is 0. The van der Waals surface area contributed by atoms with Crippen LogP contribution in [0.2, 0.25) is 0 Å². The molecule has 0 spiro atoms. The van der Waals surface area contributed by atoms with Gasteiger partial charge < -0.3 is 14.8 Å². The Balaban J connectivity index is 2.04. The zero-order valence-electron chi connectivity index (χ0n) is 9.58. The minimum absolute atomic E-state index is 0.392. The van der Waals surface area contributed by atoms with Crippen LogP contribution < -0.4 is 5.32 Å². The summed E-state index contributed by atoms with van der Waals surface area (Å²) in [6.45, 7) is 9.73. The lowest BCUT2D eigenvalue weighted by Crippen LogP contribution is -2.26. The summed E-state index contributed by atoms with van der Waals surface area (Å²) < 4.78 is 10.9. The maximum Gasteiger partial charge on any atom is 0.0715 e. The molecule has 1 aliphatic rings. The lowest BCUT2D eigenvalue weighted by Gasteiger charge is -2.14. The highest BCUT2D eigenvalue weighted by atomic mass is 16.5. The fourth-order valence-electron chi connectivity index (χ4n) is 1.79. The Morgan fingerprint density at radius 2 is 2.14 bits per heavy atom. The molecule has 1 rings (SSSR count). The first-order valence-electron chi connectivity index (χ1n) is 5.66. The van der Waals surface area contributed by atoms with E-state index in [0.717, 1.165) is 32.8 Å². The van der Waals surface area contributed by atoms with Crippen molar-refractivity contribution in [3.8, 4) is 0 Å². The highest BCUT2D eigenvalue weighted by molar-refractivity contribution is 4.84. The van der Waals surface area contributed by atoms with Crippen molar-refractivity contribution in [2.75, 3.05) is 26.4 Å². The Morgan fingerprint density at radius 1 is 1.36 bits per heavy atom. The Bertz CT molecular complexity index is 150. The summed E-state index contributed by atoms with van der Waals surface area (Å²) in [5.74, 6) is 0.704. The van der Waals surface area contributed by atoms with Crippen LogP contribution in [0.1, 0.15) is 27.2 Å². The summed E-state index contributed by atoms with van der Waals surface area (Å²) >= 11 is 0. The SMILES string of the molecule is CCOCCO[C@@H]1CN[C@H](C(C)C)C1. The van der Waals surface area contributed by atoms with E-state index in [1.54, 1.807) is 0 Å². The first-order valence-corrected chi connectivity index (χ1v) is 5.66. The van der Waals surface area contributed by atoms with Crippen LogP contribution in [0.15, 0.2) is 0 Å². The number of ether oxygens (including phenoxy) is 2. The second-order valence-electron chi connectivity index (χ2n) is 4.18. The molecule has 0 radical (unpaired) electrons. The minimum Gasteiger partial charge on any atom is -0.379 e. The van der Waals surface area contributed by atoms with E-state index in [4.69, 9.17) is 9.47 Å². The molecule has 84 valence electrons. The molecule has 0 aromatic carbocycles. The van der Waals surface area contributed by atoms with Crippen molar-refractivity contribution in [2.45, 2.75) is 39.3 Å². The molecule has 0 amide bonds. The van der Waals surface area contributed by atoms with Gasteiger partial charge in [0.1, 0.15) is 0 Å². The third kappa shape index (κ3) is 3.95. The molecule has 0 bridgehead atoms. The van der Waals surface area contributed by atoms with Crippen LogP contribution in [0, 0.1) is 5.92 Å². The van der Waals surface area contributed by atoms with E-state index in [1.165, 1.54) is 0 Å². The van der Waals surface area contributed by atoms with Crippen LogP contribution in [0.25, 0.3) is 0 Å². The Labute approximate surface area is 87.2 Å². The van der Waals surface area contributed by atoms with Crippen molar-refractivity contribution < 1.29 is 9.47 Å². The van der Waals surface area contributed by atoms with Gasteiger partial charge in [-0.2, -0.15) is 0 Å². The van der Waals surface area contributed by atoms with Gasteiger partial charge in [-0.3, -0.25) is 0 Å². The van der Waals surface area contributed by atoms with Gasteiger partial charge in [-0.25, -0.2) is 0 Å². The van der Waals surface area contributed by atoms with Crippen LogP contribution in [-0.2, 0) is 9.47 Å². The molecule has 0 aromatic heterocycles. The van der Waals surface area contributed by atoms with E-state index < -0.39 is 0 Å². The maximum absolute atomic E-state index is 5.70. The van der Waals surface area contributed by atoms with Gasteiger partial charge in [0.2, 0.25) is 0 Å². The van der Waals surface area contributed by atoms with E-state index in [-0.39, 0.29) is 0 Å². The first kappa shape index (κ1) is 12.0. The summed E-state index contributed by atoms with van der Waals surface area (Å²) in [5, 5.41) is 3.48. The molecule has 0 aromatic rings. The molecule has 1 fully saturated rings. The molecule has 3 nitrogen and oxygen atoms in total. The zero-order chi connectivity index (χ0) is 10.4. The molecule has 2 atom stereocenters. The lowest BCUT2D eigenvalue weighted by atomic mass is 10.0. The van der Waals surface area contributed by atoms with Gasteiger partial charge in [-0.1, -0.05) is 13.8 Å². The van der Waals surface area contributed by atoms with Crippen LogP contribution in [-0.4, -0.2) is 38.5 Å². The summed E-state index contributed by atoms with van der Waals surface area (Å²) in [4.78, 5) is 0. The van der Waals surface area contributed by atoms with E-state index in [1.807, 2.05) is 6.92 Å².